The monoisotopic (exact) mass is 287 g/mol. The van der Waals surface area contributed by atoms with E-state index in [0.29, 0.717) is 5.56 Å². The van der Waals surface area contributed by atoms with Gasteiger partial charge in [-0.1, -0.05) is 28.1 Å². The zero-order valence-electron chi connectivity index (χ0n) is 8.69. The second kappa shape index (κ2) is 6.62. The van der Waals surface area contributed by atoms with Crippen LogP contribution in [0.3, 0.4) is 0 Å². The van der Waals surface area contributed by atoms with Crippen LogP contribution in [-0.4, -0.2) is 35.4 Å². The molecule has 0 saturated heterocycles. The number of alkyl halides is 1. The Morgan fingerprint density at radius 1 is 1.38 bits per heavy atom. The Morgan fingerprint density at radius 2 is 2.00 bits per heavy atom. The van der Waals surface area contributed by atoms with Crippen molar-refractivity contribution in [2.45, 2.75) is 11.4 Å². The first-order valence-corrected chi connectivity index (χ1v) is 6.01. The second-order valence-electron chi connectivity index (χ2n) is 3.38. The molecular weight excluding hydrogens is 274 g/mol. The molecule has 88 valence electrons. The normalized spacial score (nSPS) is 12.2. The third-order valence-electron chi connectivity index (χ3n) is 2.08. The molecule has 3 N–H and O–H groups in total. The number of carbonyl (C=O) groups excluding carboxylic acids is 1. The van der Waals surface area contributed by atoms with Gasteiger partial charge in [-0.05, 0) is 17.7 Å². The van der Waals surface area contributed by atoms with Crippen LogP contribution >= 0.6 is 15.9 Å². The van der Waals surface area contributed by atoms with Gasteiger partial charge in [-0.3, -0.25) is 4.79 Å². The summed E-state index contributed by atoms with van der Waals surface area (Å²) in [7, 11) is 0. The minimum Gasteiger partial charge on any atom is -0.394 e. The van der Waals surface area contributed by atoms with E-state index in [1.54, 1.807) is 12.1 Å². The van der Waals surface area contributed by atoms with Crippen LogP contribution < -0.4 is 5.32 Å². The van der Waals surface area contributed by atoms with E-state index in [0.717, 1.165) is 10.9 Å². The Morgan fingerprint density at radius 3 is 2.50 bits per heavy atom. The van der Waals surface area contributed by atoms with E-state index in [1.807, 2.05) is 12.1 Å². The fourth-order valence-electron chi connectivity index (χ4n) is 1.12. The highest BCUT2D eigenvalue weighted by Crippen LogP contribution is 2.07. The number of carbonyl (C=O) groups is 1. The topological polar surface area (TPSA) is 69.6 Å². The number of halogens is 1. The number of aliphatic hydroxyl groups is 2. The first-order chi connectivity index (χ1) is 7.67. The van der Waals surface area contributed by atoms with Gasteiger partial charge in [0.25, 0.3) is 5.91 Å². The lowest BCUT2D eigenvalue weighted by Crippen LogP contribution is -2.33. The van der Waals surface area contributed by atoms with E-state index in [1.165, 1.54) is 0 Å². The molecule has 0 aliphatic carbocycles. The molecule has 1 aromatic rings. The van der Waals surface area contributed by atoms with Crippen molar-refractivity contribution in [3.05, 3.63) is 35.4 Å². The zero-order valence-corrected chi connectivity index (χ0v) is 10.3. The van der Waals surface area contributed by atoms with Crippen molar-refractivity contribution in [1.82, 2.24) is 5.32 Å². The second-order valence-corrected chi connectivity index (χ2v) is 3.94. The van der Waals surface area contributed by atoms with E-state index in [2.05, 4.69) is 21.2 Å². The Kier molecular flexibility index (Phi) is 5.45. The van der Waals surface area contributed by atoms with Gasteiger partial charge in [-0.2, -0.15) is 0 Å². The van der Waals surface area contributed by atoms with Crippen molar-refractivity contribution >= 4 is 21.8 Å². The number of hydrogen-bond donors (Lipinski definition) is 3. The van der Waals surface area contributed by atoms with Crippen molar-refractivity contribution in [3.63, 3.8) is 0 Å². The van der Waals surface area contributed by atoms with Gasteiger partial charge >= 0.3 is 0 Å². The molecule has 0 fully saturated rings. The first kappa shape index (κ1) is 13.2. The molecule has 16 heavy (non-hydrogen) atoms. The average Bonchev–Trinajstić information content (AvgIpc) is 2.35. The molecule has 0 heterocycles. The van der Waals surface area contributed by atoms with Gasteiger partial charge < -0.3 is 15.5 Å². The molecule has 0 saturated carbocycles. The van der Waals surface area contributed by atoms with Crippen LogP contribution in [-0.2, 0) is 5.33 Å². The molecule has 1 aromatic carbocycles. The minimum atomic E-state index is -0.911. The molecule has 1 atom stereocenters. The smallest absolute Gasteiger partial charge is 0.251 e. The lowest BCUT2D eigenvalue weighted by molar-refractivity contribution is 0.0802. The summed E-state index contributed by atoms with van der Waals surface area (Å²) in [5.41, 5.74) is 1.63. The number of nitrogens with one attached hydrogen (secondary N) is 1. The largest absolute Gasteiger partial charge is 0.394 e. The fourth-order valence-corrected chi connectivity index (χ4v) is 1.50. The highest BCUT2D eigenvalue weighted by molar-refractivity contribution is 9.08. The number of amides is 1. The third-order valence-corrected chi connectivity index (χ3v) is 2.73. The Bertz CT molecular complexity index is 340. The molecule has 0 spiro atoms. The highest BCUT2D eigenvalue weighted by Gasteiger charge is 2.07. The Labute approximate surface area is 102 Å². The minimum absolute atomic E-state index is 0.0511. The highest BCUT2D eigenvalue weighted by atomic mass is 79.9. The molecule has 1 rings (SSSR count). The fraction of sp³-hybridized carbons (Fsp3) is 0.364. The van der Waals surface area contributed by atoms with Crippen molar-refractivity contribution in [2.24, 2.45) is 0 Å². The van der Waals surface area contributed by atoms with Crippen molar-refractivity contribution < 1.29 is 15.0 Å². The van der Waals surface area contributed by atoms with Gasteiger partial charge in [0.15, 0.2) is 0 Å². The third kappa shape index (κ3) is 3.92. The maximum Gasteiger partial charge on any atom is 0.251 e. The van der Waals surface area contributed by atoms with Gasteiger partial charge in [0, 0.05) is 17.4 Å². The van der Waals surface area contributed by atoms with Crippen LogP contribution in [0.1, 0.15) is 15.9 Å². The predicted octanol–water partition coefficient (Wildman–Crippen LogP) is 0.664. The van der Waals surface area contributed by atoms with E-state index >= 15 is 0 Å². The lowest BCUT2D eigenvalue weighted by atomic mass is 10.1. The molecule has 0 aliphatic rings. The van der Waals surface area contributed by atoms with Crippen LogP contribution in [0.25, 0.3) is 0 Å². The molecule has 1 amide bonds. The molecule has 0 bridgehead atoms. The summed E-state index contributed by atoms with van der Waals surface area (Å²) in [4.78, 5) is 11.5. The number of hydrogen-bond acceptors (Lipinski definition) is 3. The van der Waals surface area contributed by atoms with Crippen LogP contribution in [0, 0.1) is 0 Å². The first-order valence-electron chi connectivity index (χ1n) is 4.89. The quantitative estimate of drug-likeness (QED) is 0.697. The van der Waals surface area contributed by atoms with Crippen molar-refractivity contribution in [2.75, 3.05) is 13.2 Å². The Balaban J connectivity index is 2.52. The van der Waals surface area contributed by atoms with Gasteiger partial charge in [-0.25, -0.2) is 0 Å². The van der Waals surface area contributed by atoms with E-state index < -0.39 is 6.10 Å². The zero-order chi connectivity index (χ0) is 12.0. The van der Waals surface area contributed by atoms with Crippen LogP contribution in [0.2, 0.25) is 0 Å². The molecule has 0 aliphatic heterocycles. The molecule has 5 heteroatoms. The van der Waals surface area contributed by atoms with E-state index in [9.17, 15) is 4.79 Å². The molecule has 1 unspecified atom stereocenters. The van der Waals surface area contributed by atoms with E-state index in [-0.39, 0.29) is 19.1 Å². The summed E-state index contributed by atoms with van der Waals surface area (Å²) in [6.07, 6.45) is -0.911. The number of benzene rings is 1. The van der Waals surface area contributed by atoms with Gasteiger partial charge in [0.1, 0.15) is 0 Å². The Hall–Kier alpha value is -0.910. The van der Waals surface area contributed by atoms with Gasteiger partial charge in [0.2, 0.25) is 0 Å². The predicted molar refractivity (Wildman–Crippen MR) is 64.5 cm³/mol. The summed E-state index contributed by atoms with van der Waals surface area (Å²) in [6, 6.07) is 7.15. The molecular formula is C11H14BrNO3. The summed E-state index contributed by atoms with van der Waals surface area (Å²) < 4.78 is 0. The van der Waals surface area contributed by atoms with E-state index in [4.69, 9.17) is 10.2 Å². The SMILES string of the molecule is O=C(NCC(O)CO)c1ccc(CBr)cc1. The number of rotatable bonds is 5. The average molecular weight is 288 g/mol. The van der Waals surface area contributed by atoms with Crippen molar-refractivity contribution in [1.29, 1.82) is 0 Å². The van der Waals surface area contributed by atoms with Crippen LogP contribution in [0.4, 0.5) is 0 Å². The van der Waals surface area contributed by atoms with Gasteiger partial charge in [-0.15, -0.1) is 0 Å². The maximum absolute atomic E-state index is 11.5. The molecule has 0 radical (unpaired) electrons. The van der Waals surface area contributed by atoms with Crippen molar-refractivity contribution in [3.8, 4) is 0 Å². The summed E-state index contributed by atoms with van der Waals surface area (Å²) in [5, 5.41) is 20.9. The summed E-state index contributed by atoms with van der Waals surface area (Å²) >= 11 is 3.32. The standard InChI is InChI=1S/C11H14BrNO3/c12-5-8-1-3-9(4-2-8)11(16)13-6-10(15)7-14/h1-4,10,14-15H,5-7H2,(H,13,16). The maximum atomic E-state index is 11.5. The summed E-state index contributed by atoms with van der Waals surface area (Å²) in [5.74, 6) is -0.256. The molecule has 0 aromatic heterocycles. The van der Waals surface area contributed by atoms with Gasteiger partial charge in [0.05, 0.1) is 12.7 Å². The summed E-state index contributed by atoms with van der Waals surface area (Å²) in [6.45, 7) is -0.307. The lowest BCUT2D eigenvalue weighted by Gasteiger charge is -2.09. The van der Waals surface area contributed by atoms with Crippen LogP contribution in [0.15, 0.2) is 24.3 Å². The number of aliphatic hydroxyl groups excluding tert-OH is 2. The molecule has 4 nitrogen and oxygen atoms in total. The van der Waals surface area contributed by atoms with Crippen LogP contribution in [0.5, 0.6) is 0 Å².